The molecule has 2 amide bonds. The normalized spacial score (nSPS) is 11.8. The molecule has 0 saturated carbocycles. The highest BCUT2D eigenvalue weighted by molar-refractivity contribution is 6.30. The number of hydrogen-bond donors (Lipinski definition) is 2. The van der Waals surface area contributed by atoms with E-state index in [4.69, 9.17) is 11.6 Å². The maximum absolute atomic E-state index is 12.1. The molecule has 1 unspecified atom stereocenters. The second-order valence-electron chi connectivity index (χ2n) is 5.66. The zero-order chi connectivity index (χ0) is 16.7. The molecule has 0 aliphatic carbocycles. The van der Waals surface area contributed by atoms with Crippen LogP contribution >= 0.6 is 11.6 Å². The Bertz CT molecular complexity index is 657. The van der Waals surface area contributed by atoms with Crippen LogP contribution in [-0.2, 0) is 6.42 Å². The van der Waals surface area contributed by atoms with Crippen LogP contribution in [0.15, 0.2) is 48.5 Å². The van der Waals surface area contributed by atoms with Gasteiger partial charge < -0.3 is 10.6 Å². The lowest BCUT2D eigenvalue weighted by molar-refractivity contribution is 0.252. The summed E-state index contributed by atoms with van der Waals surface area (Å²) in [7, 11) is 0. The molecule has 3 nitrogen and oxygen atoms in total. The van der Waals surface area contributed by atoms with Crippen molar-refractivity contribution in [2.75, 3.05) is 11.9 Å². The first-order chi connectivity index (χ1) is 11.1. The molecule has 1 atom stereocenters. The zero-order valence-corrected chi connectivity index (χ0v) is 14.4. The fraction of sp³-hybridized carbons (Fsp3) is 0.316. The van der Waals surface area contributed by atoms with E-state index < -0.39 is 0 Å². The van der Waals surface area contributed by atoms with Crippen molar-refractivity contribution < 1.29 is 4.79 Å². The van der Waals surface area contributed by atoms with Crippen LogP contribution < -0.4 is 10.6 Å². The number of rotatable bonds is 6. The van der Waals surface area contributed by atoms with Crippen LogP contribution in [0.2, 0.25) is 5.02 Å². The lowest BCUT2D eigenvalue weighted by Crippen LogP contribution is -2.30. The summed E-state index contributed by atoms with van der Waals surface area (Å²) in [6, 6.07) is 15.5. The monoisotopic (exact) mass is 330 g/mol. The minimum Gasteiger partial charge on any atom is -0.338 e. The molecule has 0 aromatic heterocycles. The van der Waals surface area contributed by atoms with Gasteiger partial charge in [0, 0.05) is 17.3 Å². The molecule has 2 N–H and O–H groups in total. The van der Waals surface area contributed by atoms with E-state index in [9.17, 15) is 4.79 Å². The van der Waals surface area contributed by atoms with Gasteiger partial charge >= 0.3 is 6.03 Å². The number of benzene rings is 2. The van der Waals surface area contributed by atoms with Gasteiger partial charge in [0.1, 0.15) is 0 Å². The van der Waals surface area contributed by atoms with E-state index in [2.05, 4.69) is 30.5 Å². The molecule has 0 heterocycles. The van der Waals surface area contributed by atoms with Gasteiger partial charge in [0.25, 0.3) is 0 Å². The fourth-order valence-corrected chi connectivity index (χ4v) is 2.65. The highest BCUT2D eigenvalue weighted by Crippen LogP contribution is 2.26. The Kier molecular flexibility index (Phi) is 6.48. The van der Waals surface area contributed by atoms with Crippen molar-refractivity contribution in [2.45, 2.75) is 32.6 Å². The largest absolute Gasteiger partial charge is 0.338 e. The first-order valence-corrected chi connectivity index (χ1v) is 8.36. The molecule has 2 aromatic rings. The number of halogens is 1. The molecule has 2 rings (SSSR count). The maximum atomic E-state index is 12.1. The van der Waals surface area contributed by atoms with Gasteiger partial charge in [-0.15, -0.1) is 0 Å². The molecule has 2 aromatic carbocycles. The first kappa shape index (κ1) is 17.4. The van der Waals surface area contributed by atoms with Crippen molar-refractivity contribution >= 4 is 23.3 Å². The molecule has 0 radical (unpaired) electrons. The molecular weight excluding hydrogens is 308 g/mol. The van der Waals surface area contributed by atoms with Gasteiger partial charge in [0.2, 0.25) is 0 Å². The smallest absolute Gasteiger partial charge is 0.319 e. The average Bonchev–Trinajstić information content (AvgIpc) is 2.55. The van der Waals surface area contributed by atoms with Crippen LogP contribution in [0, 0.1) is 0 Å². The second-order valence-corrected chi connectivity index (χ2v) is 6.09. The molecule has 122 valence electrons. The fourth-order valence-electron chi connectivity index (χ4n) is 2.44. The summed E-state index contributed by atoms with van der Waals surface area (Å²) in [5, 5.41) is 6.55. The first-order valence-electron chi connectivity index (χ1n) is 7.98. The standard InChI is InChI=1S/C19H23ClN2O/c1-3-14(2)17-9-4-5-10-18(17)22-19(23)21-12-11-15-7-6-8-16(20)13-15/h4-10,13-14H,3,11-12H2,1-2H3,(H2,21,22,23). The Morgan fingerprint density at radius 1 is 1.17 bits per heavy atom. The van der Waals surface area contributed by atoms with Crippen molar-refractivity contribution in [3.63, 3.8) is 0 Å². The number of anilines is 1. The van der Waals surface area contributed by atoms with Crippen LogP contribution in [0.4, 0.5) is 10.5 Å². The number of nitrogens with one attached hydrogen (secondary N) is 2. The lowest BCUT2D eigenvalue weighted by Gasteiger charge is -2.16. The summed E-state index contributed by atoms with van der Waals surface area (Å²) in [5.41, 5.74) is 3.15. The molecule has 0 spiro atoms. The highest BCUT2D eigenvalue weighted by Gasteiger charge is 2.10. The van der Waals surface area contributed by atoms with E-state index in [-0.39, 0.29) is 6.03 Å². The van der Waals surface area contributed by atoms with Crippen LogP contribution in [0.5, 0.6) is 0 Å². The third kappa shape index (κ3) is 5.29. The Morgan fingerprint density at radius 3 is 2.70 bits per heavy atom. The summed E-state index contributed by atoms with van der Waals surface area (Å²) < 4.78 is 0. The van der Waals surface area contributed by atoms with Gasteiger partial charge in [-0.3, -0.25) is 0 Å². The number of hydrogen-bond acceptors (Lipinski definition) is 1. The van der Waals surface area contributed by atoms with Crippen LogP contribution in [0.3, 0.4) is 0 Å². The number of amides is 2. The number of para-hydroxylation sites is 1. The van der Waals surface area contributed by atoms with E-state index >= 15 is 0 Å². The van der Waals surface area contributed by atoms with Crippen LogP contribution in [0.25, 0.3) is 0 Å². The van der Waals surface area contributed by atoms with E-state index in [1.165, 1.54) is 5.56 Å². The summed E-state index contributed by atoms with van der Waals surface area (Å²) in [6.07, 6.45) is 1.79. The van der Waals surface area contributed by atoms with Crippen molar-refractivity contribution in [1.29, 1.82) is 0 Å². The SMILES string of the molecule is CCC(C)c1ccccc1NC(=O)NCCc1cccc(Cl)c1. The van der Waals surface area contributed by atoms with Crippen molar-refractivity contribution in [1.82, 2.24) is 5.32 Å². The second kappa shape index (κ2) is 8.59. The summed E-state index contributed by atoms with van der Waals surface area (Å²) >= 11 is 5.95. The molecule has 0 fully saturated rings. The van der Waals surface area contributed by atoms with Gasteiger partial charge in [-0.05, 0) is 48.1 Å². The van der Waals surface area contributed by atoms with Crippen molar-refractivity contribution in [2.24, 2.45) is 0 Å². The molecule has 0 aliphatic rings. The van der Waals surface area contributed by atoms with Gasteiger partial charge in [-0.25, -0.2) is 4.79 Å². The Morgan fingerprint density at radius 2 is 1.96 bits per heavy atom. The Balaban J connectivity index is 1.88. The van der Waals surface area contributed by atoms with Gasteiger partial charge in [0.15, 0.2) is 0 Å². The Hall–Kier alpha value is -2.00. The van der Waals surface area contributed by atoms with E-state index in [1.807, 2.05) is 42.5 Å². The zero-order valence-electron chi connectivity index (χ0n) is 13.6. The molecule has 0 aliphatic heterocycles. The summed E-state index contributed by atoms with van der Waals surface area (Å²) in [5.74, 6) is 0.415. The summed E-state index contributed by atoms with van der Waals surface area (Å²) in [4.78, 5) is 12.1. The third-order valence-corrected chi connectivity index (χ3v) is 4.18. The molecule has 23 heavy (non-hydrogen) atoms. The highest BCUT2D eigenvalue weighted by atomic mass is 35.5. The lowest BCUT2D eigenvalue weighted by atomic mass is 9.97. The average molecular weight is 331 g/mol. The van der Waals surface area contributed by atoms with Crippen LogP contribution in [-0.4, -0.2) is 12.6 Å². The minimum absolute atomic E-state index is 0.178. The minimum atomic E-state index is -0.178. The van der Waals surface area contributed by atoms with E-state index in [0.717, 1.165) is 29.1 Å². The number of urea groups is 1. The van der Waals surface area contributed by atoms with Crippen molar-refractivity contribution in [3.8, 4) is 0 Å². The maximum Gasteiger partial charge on any atom is 0.319 e. The van der Waals surface area contributed by atoms with E-state index in [0.29, 0.717) is 12.5 Å². The van der Waals surface area contributed by atoms with Gasteiger partial charge in [-0.2, -0.15) is 0 Å². The summed E-state index contributed by atoms with van der Waals surface area (Å²) in [6.45, 7) is 4.88. The van der Waals surface area contributed by atoms with Crippen molar-refractivity contribution in [3.05, 3.63) is 64.7 Å². The molecule has 0 saturated heterocycles. The van der Waals surface area contributed by atoms with Gasteiger partial charge in [0.05, 0.1) is 0 Å². The number of carbonyl (C=O) groups is 1. The topological polar surface area (TPSA) is 41.1 Å². The predicted octanol–water partition coefficient (Wildman–Crippen LogP) is 5.22. The molecular formula is C19H23ClN2O. The number of carbonyl (C=O) groups excluding carboxylic acids is 1. The Labute approximate surface area is 143 Å². The molecule has 0 bridgehead atoms. The molecule has 4 heteroatoms. The van der Waals surface area contributed by atoms with E-state index in [1.54, 1.807) is 0 Å². The quantitative estimate of drug-likeness (QED) is 0.749. The van der Waals surface area contributed by atoms with Crippen LogP contribution in [0.1, 0.15) is 37.3 Å². The van der Waals surface area contributed by atoms with Gasteiger partial charge in [-0.1, -0.05) is 55.8 Å². The third-order valence-electron chi connectivity index (χ3n) is 3.94. The predicted molar refractivity (Wildman–Crippen MR) is 97.3 cm³/mol.